The Hall–Kier alpha value is -2.69. The number of nitro benzene ring substituents is 1. The van der Waals surface area contributed by atoms with E-state index >= 15 is 0 Å². The maximum Gasteiger partial charge on any atom is 0.283 e. The van der Waals surface area contributed by atoms with Crippen molar-refractivity contribution in [1.82, 2.24) is 0 Å². The van der Waals surface area contributed by atoms with E-state index in [2.05, 4.69) is 0 Å². The molecule has 5 nitrogen and oxygen atoms in total. The zero-order valence-electron chi connectivity index (χ0n) is 10.2. The zero-order chi connectivity index (χ0) is 13.8. The Bertz CT molecular complexity index is 637. The number of rotatable bonds is 4. The molecule has 2 aromatic rings. The fourth-order valence-corrected chi connectivity index (χ4v) is 1.64. The highest BCUT2D eigenvalue weighted by atomic mass is 16.6. The molecule has 2 rings (SSSR count). The van der Waals surface area contributed by atoms with Crippen molar-refractivity contribution in [3.63, 3.8) is 0 Å². The summed E-state index contributed by atoms with van der Waals surface area (Å²) in [6, 6.07) is 11.5. The lowest BCUT2D eigenvalue weighted by molar-refractivity contribution is -0.385. The minimum Gasteiger partial charge on any atom is -0.457 e. The second kappa shape index (κ2) is 5.30. The van der Waals surface area contributed by atoms with Crippen molar-refractivity contribution < 1.29 is 14.5 Å². The lowest BCUT2D eigenvalue weighted by Gasteiger charge is -2.08. The molecule has 0 amide bonds. The Labute approximate surface area is 109 Å². The first-order valence-electron chi connectivity index (χ1n) is 5.59. The standard InChI is InChI=1S/C14H11NO4/c1-10-4-2-3-5-14(10)19-12-7-6-11(9-16)13(8-12)15(17)18/h2-9H,1H3. The number of hydrogen-bond acceptors (Lipinski definition) is 4. The van der Waals surface area contributed by atoms with Crippen molar-refractivity contribution in [3.8, 4) is 11.5 Å². The van der Waals surface area contributed by atoms with Gasteiger partial charge in [0.1, 0.15) is 11.5 Å². The fourth-order valence-electron chi connectivity index (χ4n) is 1.64. The van der Waals surface area contributed by atoms with Gasteiger partial charge in [0.25, 0.3) is 5.69 Å². The SMILES string of the molecule is Cc1ccccc1Oc1ccc(C=O)c([N+](=O)[O-])c1. The van der Waals surface area contributed by atoms with Crippen LogP contribution in [0.1, 0.15) is 15.9 Å². The molecule has 96 valence electrons. The third-order valence-corrected chi connectivity index (χ3v) is 2.65. The molecule has 0 fully saturated rings. The predicted octanol–water partition coefficient (Wildman–Crippen LogP) is 3.51. The van der Waals surface area contributed by atoms with Gasteiger partial charge in [-0.2, -0.15) is 0 Å². The van der Waals surface area contributed by atoms with E-state index in [1.807, 2.05) is 25.1 Å². The molecule has 0 heterocycles. The molecule has 5 heteroatoms. The van der Waals surface area contributed by atoms with Gasteiger partial charge in [0.15, 0.2) is 6.29 Å². The summed E-state index contributed by atoms with van der Waals surface area (Å²) in [5.74, 6) is 0.947. The van der Waals surface area contributed by atoms with E-state index in [4.69, 9.17) is 4.74 Å². The molecule has 0 aliphatic heterocycles. The largest absolute Gasteiger partial charge is 0.457 e. The molecule has 0 radical (unpaired) electrons. The van der Waals surface area contributed by atoms with Crippen molar-refractivity contribution in [2.75, 3.05) is 0 Å². The quantitative estimate of drug-likeness (QED) is 0.477. The summed E-state index contributed by atoms with van der Waals surface area (Å²) in [4.78, 5) is 21.0. The minimum absolute atomic E-state index is 0.0298. The van der Waals surface area contributed by atoms with E-state index in [0.29, 0.717) is 17.8 Å². The number of carbonyl (C=O) groups is 1. The number of nitro groups is 1. The molecule has 0 N–H and O–H groups in total. The molecular formula is C14H11NO4. The third kappa shape index (κ3) is 2.77. The van der Waals surface area contributed by atoms with Gasteiger partial charge >= 0.3 is 0 Å². The van der Waals surface area contributed by atoms with Gasteiger partial charge in [0, 0.05) is 0 Å². The molecule has 0 aliphatic rings. The van der Waals surface area contributed by atoms with Crippen LogP contribution in [-0.4, -0.2) is 11.2 Å². The van der Waals surface area contributed by atoms with Crippen LogP contribution in [0.3, 0.4) is 0 Å². The van der Waals surface area contributed by atoms with E-state index in [1.165, 1.54) is 18.2 Å². The van der Waals surface area contributed by atoms with Gasteiger partial charge in [-0.25, -0.2) is 0 Å². The number of nitrogens with zero attached hydrogens (tertiary/aromatic N) is 1. The highest BCUT2D eigenvalue weighted by Crippen LogP contribution is 2.29. The zero-order valence-corrected chi connectivity index (χ0v) is 10.2. The Morgan fingerprint density at radius 3 is 2.58 bits per heavy atom. The van der Waals surface area contributed by atoms with Gasteiger partial charge in [-0.05, 0) is 30.7 Å². The Kier molecular flexibility index (Phi) is 3.56. The number of ether oxygens (including phenoxy) is 1. The molecule has 0 bridgehead atoms. The van der Waals surface area contributed by atoms with E-state index in [9.17, 15) is 14.9 Å². The van der Waals surface area contributed by atoms with E-state index < -0.39 is 4.92 Å². The van der Waals surface area contributed by atoms with Gasteiger partial charge < -0.3 is 4.74 Å². The van der Waals surface area contributed by atoms with Gasteiger partial charge in [-0.15, -0.1) is 0 Å². The van der Waals surface area contributed by atoms with Crippen LogP contribution in [0.2, 0.25) is 0 Å². The second-order valence-electron chi connectivity index (χ2n) is 3.96. The van der Waals surface area contributed by atoms with Crippen LogP contribution in [0.4, 0.5) is 5.69 Å². The first-order chi connectivity index (χ1) is 9.11. The first-order valence-corrected chi connectivity index (χ1v) is 5.59. The highest BCUT2D eigenvalue weighted by molar-refractivity contribution is 5.81. The summed E-state index contributed by atoms with van der Waals surface area (Å²) in [5.41, 5.74) is 0.688. The summed E-state index contributed by atoms with van der Waals surface area (Å²) in [5, 5.41) is 10.8. The number of aldehydes is 1. The average Bonchev–Trinajstić information content (AvgIpc) is 2.41. The molecule has 0 saturated heterocycles. The van der Waals surface area contributed by atoms with Crippen molar-refractivity contribution >= 4 is 12.0 Å². The lowest BCUT2D eigenvalue weighted by Crippen LogP contribution is -1.95. The van der Waals surface area contributed by atoms with E-state index in [0.717, 1.165) is 5.56 Å². The number of aryl methyl sites for hydroxylation is 1. The Morgan fingerprint density at radius 1 is 1.21 bits per heavy atom. The smallest absolute Gasteiger partial charge is 0.283 e. The Morgan fingerprint density at radius 2 is 1.95 bits per heavy atom. The molecule has 0 aromatic heterocycles. The molecule has 0 unspecified atom stereocenters. The molecule has 19 heavy (non-hydrogen) atoms. The predicted molar refractivity (Wildman–Crippen MR) is 69.7 cm³/mol. The van der Waals surface area contributed by atoms with Crippen LogP contribution in [-0.2, 0) is 0 Å². The summed E-state index contributed by atoms with van der Waals surface area (Å²) in [6.07, 6.45) is 0.454. The summed E-state index contributed by atoms with van der Waals surface area (Å²) in [6.45, 7) is 1.88. The first kappa shape index (κ1) is 12.8. The summed E-state index contributed by atoms with van der Waals surface area (Å²) in [7, 11) is 0. The van der Waals surface area contributed by atoms with Crippen molar-refractivity contribution in [3.05, 3.63) is 63.7 Å². The topological polar surface area (TPSA) is 69.4 Å². The van der Waals surface area contributed by atoms with Gasteiger partial charge in [0.2, 0.25) is 0 Å². The van der Waals surface area contributed by atoms with Crippen LogP contribution >= 0.6 is 0 Å². The summed E-state index contributed by atoms with van der Waals surface area (Å²) >= 11 is 0. The van der Waals surface area contributed by atoms with Crippen LogP contribution in [0.15, 0.2) is 42.5 Å². The molecule has 0 atom stereocenters. The van der Waals surface area contributed by atoms with E-state index in [1.54, 1.807) is 6.07 Å². The van der Waals surface area contributed by atoms with Gasteiger partial charge in [0.05, 0.1) is 16.6 Å². The van der Waals surface area contributed by atoms with Crippen LogP contribution in [0, 0.1) is 17.0 Å². The molecule has 0 saturated carbocycles. The molecule has 0 aliphatic carbocycles. The summed E-state index contributed by atoms with van der Waals surface area (Å²) < 4.78 is 5.58. The number of benzene rings is 2. The monoisotopic (exact) mass is 257 g/mol. The van der Waals surface area contributed by atoms with Crippen LogP contribution in [0.25, 0.3) is 0 Å². The average molecular weight is 257 g/mol. The highest BCUT2D eigenvalue weighted by Gasteiger charge is 2.15. The maximum atomic E-state index is 10.8. The lowest BCUT2D eigenvalue weighted by atomic mass is 10.2. The third-order valence-electron chi connectivity index (χ3n) is 2.65. The van der Waals surface area contributed by atoms with E-state index in [-0.39, 0.29) is 11.3 Å². The fraction of sp³-hybridized carbons (Fsp3) is 0.0714. The molecular weight excluding hydrogens is 246 g/mol. The number of hydrogen-bond donors (Lipinski definition) is 0. The normalized spacial score (nSPS) is 9.95. The Balaban J connectivity index is 2.37. The van der Waals surface area contributed by atoms with Gasteiger partial charge in [-0.1, -0.05) is 18.2 Å². The van der Waals surface area contributed by atoms with Crippen molar-refractivity contribution in [2.24, 2.45) is 0 Å². The minimum atomic E-state index is -0.603. The number of para-hydroxylation sites is 1. The maximum absolute atomic E-state index is 10.8. The van der Waals surface area contributed by atoms with Crippen molar-refractivity contribution in [2.45, 2.75) is 6.92 Å². The van der Waals surface area contributed by atoms with Crippen LogP contribution < -0.4 is 4.74 Å². The molecule has 0 spiro atoms. The van der Waals surface area contributed by atoms with Crippen molar-refractivity contribution in [1.29, 1.82) is 0 Å². The number of carbonyl (C=O) groups excluding carboxylic acids is 1. The second-order valence-corrected chi connectivity index (χ2v) is 3.96. The molecule has 2 aromatic carbocycles. The van der Waals surface area contributed by atoms with Crippen LogP contribution in [0.5, 0.6) is 11.5 Å². The van der Waals surface area contributed by atoms with Gasteiger partial charge in [-0.3, -0.25) is 14.9 Å².